The molecule has 0 aliphatic heterocycles. The molecule has 5 heteroatoms. The normalized spacial score (nSPS) is 10.1. The minimum Gasteiger partial charge on any atom is -0.480 e. The number of hydrogen-bond donors (Lipinski definition) is 2. The van der Waals surface area contributed by atoms with Crippen molar-refractivity contribution in [2.24, 2.45) is 0 Å². The summed E-state index contributed by atoms with van der Waals surface area (Å²) < 4.78 is 0. The van der Waals surface area contributed by atoms with E-state index in [1.165, 1.54) is 0 Å². The quantitative estimate of drug-likeness (QED) is 0.858. The fraction of sp³-hybridized carbons (Fsp3) is 0.154. The average molecular weight is 243 g/mol. The van der Waals surface area contributed by atoms with Crippen molar-refractivity contribution in [2.45, 2.75) is 6.92 Å². The van der Waals surface area contributed by atoms with Crippen LogP contribution in [0.2, 0.25) is 0 Å². The number of aryl methyl sites for hydroxylation is 1. The molecular weight excluding hydrogens is 230 g/mol. The maximum absolute atomic E-state index is 10.5. The van der Waals surface area contributed by atoms with Crippen molar-refractivity contribution in [3.63, 3.8) is 0 Å². The summed E-state index contributed by atoms with van der Waals surface area (Å²) in [5.74, 6) is 0.167. The number of aromatic nitrogens is 2. The number of hydrogen-bond acceptors (Lipinski definition) is 4. The van der Waals surface area contributed by atoms with E-state index in [-0.39, 0.29) is 6.54 Å². The Bertz CT molecular complexity index is 570. The average Bonchev–Trinajstić information content (AvgIpc) is 2.37. The molecule has 0 bridgehead atoms. The van der Waals surface area contributed by atoms with Crippen LogP contribution >= 0.6 is 0 Å². The SMILES string of the molecule is Cc1ccccc1-c1nccc(NCC(=O)O)n1. The minimum absolute atomic E-state index is 0.162. The third-order valence-electron chi connectivity index (χ3n) is 2.46. The van der Waals surface area contributed by atoms with Crippen LogP contribution in [0.25, 0.3) is 11.4 Å². The van der Waals surface area contributed by atoms with Gasteiger partial charge < -0.3 is 10.4 Å². The number of rotatable bonds is 4. The summed E-state index contributed by atoms with van der Waals surface area (Å²) >= 11 is 0. The first-order valence-electron chi connectivity index (χ1n) is 5.51. The predicted octanol–water partition coefficient (Wildman–Crippen LogP) is 1.95. The Morgan fingerprint density at radius 2 is 2.11 bits per heavy atom. The van der Waals surface area contributed by atoms with Gasteiger partial charge in [-0.3, -0.25) is 4.79 Å². The summed E-state index contributed by atoms with van der Waals surface area (Å²) in [6.07, 6.45) is 1.61. The van der Waals surface area contributed by atoms with Crippen LogP contribution < -0.4 is 5.32 Å². The summed E-state index contributed by atoms with van der Waals surface area (Å²) in [5, 5.41) is 11.3. The molecule has 0 spiro atoms. The van der Waals surface area contributed by atoms with Crippen LogP contribution in [-0.4, -0.2) is 27.6 Å². The Labute approximate surface area is 105 Å². The van der Waals surface area contributed by atoms with Crippen molar-refractivity contribution in [1.82, 2.24) is 9.97 Å². The third kappa shape index (κ3) is 2.82. The van der Waals surface area contributed by atoms with E-state index in [0.717, 1.165) is 11.1 Å². The van der Waals surface area contributed by atoms with Crippen LogP contribution in [0.15, 0.2) is 36.5 Å². The van der Waals surface area contributed by atoms with Gasteiger partial charge in [0, 0.05) is 11.8 Å². The van der Waals surface area contributed by atoms with E-state index in [0.29, 0.717) is 11.6 Å². The van der Waals surface area contributed by atoms with Crippen LogP contribution in [0.4, 0.5) is 5.82 Å². The lowest BCUT2D eigenvalue weighted by molar-refractivity contribution is -0.134. The predicted molar refractivity (Wildman–Crippen MR) is 68.3 cm³/mol. The van der Waals surface area contributed by atoms with Gasteiger partial charge in [-0.15, -0.1) is 0 Å². The highest BCUT2D eigenvalue weighted by Crippen LogP contribution is 2.19. The number of carboxylic acids is 1. The van der Waals surface area contributed by atoms with E-state index in [4.69, 9.17) is 5.11 Å². The first kappa shape index (κ1) is 12.0. The van der Waals surface area contributed by atoms with Gasteiger partial charge in [0.05, 0.1) is 0 Å². The molecule has 0 aliphatic rings. The zero-order chi connectivity index (χ0) is 13.0. The lowest BCUT2D eigenvalue weighted by Gasteiger charge is -2.06. The summed E-state index contributed by atoms with van der Waals surface area (Å²) in [6, 6.07) is 9.43. The highest BCUT2D eigenvalue weighted by atomic mass is 16.4. The highest BCUT2D eigenvalue weighted by molar-refractivity contribution is 5.72. The molecule has 0 amide bonds. The number of carboxylic acid groups (broad SMARTS) is 1. The van der Waals surface area contributed by atoms with Crippen LogP contribution in [0.1, 0.15) is 5.56 Å². The lowest BCUT2D eigenvalue weighted by Crippen LogP contribution is -2.13. The number of nitrogens with zero attached hydrogens (tertiary/aromatic N) is 2. The first-order chi connectivity index (χ1) is 8.66. The number of nitrogens with one attached hydrogen (secondary N) is 1. The van der Waals surface area contributed by atoms with E-state index in [2.05, 4.69) is 15.3 Å². The second-order valence-corrected chi connectivity index (χ2v) is 3.83. The molecule has 18 heavy (non-hydrogen) atoms. The van der Waals surface area contributed by atoms with Crippen LogP contribution in [0.3, 0.4) is 0 Å². The molecule has 0 aliphatic carbocycles. The van der Waals surface area contributed by atoms with Crippen LogP contribution in [0.5, 0.6) is 0 Å². The van der Waals surface area contributed by atoms with E-state index < -0.39 is 5.97 Å². The molecule has 2 rings (SSSR count). The van der Waals surface area contributed by atoms with Crippen molar-refractivity contribution in [1.29, 1.82) is 0 Å². The molecule has 2 aromatic rings. The Balaban J connectivity index is 2.27. The van der Waals surface area contributed by atoms with E-state index in [1.54, 1.807) is 12.3 Å². The molecule has 0 fully saturated rings. The number of benzene rings is 1. The van der Waals surface area contributed by atoms with Gasteiger partial charge in [0.15, 0.2) is 5.82 Å². The maximum Gasteiger partial charge on any atom is 0.322 e. The number of aliphatic carboxylic acids is 1. The first-order valence-corrected chi connectivity index (χ1v) is 5.51. The van der Waals surface area contributed by atoms with Crippen LogP contribution in [0, 0.1) is 6.92 Å². The van der Waals surface area contributed by atoms with Gasteiger partial charge in [0.25, 0.3) is 0 Å². The van der Waals surface area contributed by atoms with E-state index in [1.807, 2.05) is 31.2 Å². The second-order valence-electron chi connectivity index (χ2n) is 3.83. The summed E-state index contributed by atoms with van der Waals surface area (Å²) in [4.78, 5) is 19.0. The van der Waals surface area contributed by atoms with Gasteiger partial charge in [-0.05, 0) is 18.6 Å². The molecular formula is C13H13N3O2. The second kappa shape index (κ2) is 5.27. The highest BCUT2D eigenvalue weighted by Gasteiger charge is 2.05. The fourth-order valence-corrected chi connectivity index (χ4v) is 1.58. The van der Waals surface area contributed by atoms with E-state index in [9.17, 15) is 4.79 Å². The molecule has 1 aromatic carbocycles. The Morgan fingerprint density at radius 3 is 2.83 bits per heavy atom. The molecule has 2 N–H and O–H groups in total. The van der Waals surface area contributed by atoms with Crippen molar-refractivity contribution in [2.75, 3.05) is 11.9 Å². The molecule has 92 valence electrons. The number of anilines is 1. The molecule has 1 heterocycles. The maximum atomic E-state index is 10.5. The zero-order valence-electron chi connectivity index (χ0n) is 9.92. The Morgan fingerprint density at radius 1 is 1.33 bits per heavy atom. The molecule has 0 unspecified atom stereocenters. The molecule has 0 atom stereocenters. The van der Waals surface area contributed by atoms with Crippen molar-refractivity contribution in [3.8, 4) is 11.4 Å². The zero-order valence-corrected chi connectivity index (χ0v) is 9.92. The standard InChI is InChI=1S/C13H13N3O2/c1-9-4-2-3-5-10(9)13-14-7-6-11(16-13)15-8-12(17)18/h2-7H,8H2,1H3,(H,17,18)(H,14,15,16). The van der Waals surface area contributed by atoms with Gasteiger partial charge in [-0.2, -0.15) is 0 Å². The van der Waals surface area contributed by atoms with E-state index >= 15 is 0 Å². The molecule has 0 saturated carbocycles. The Kier molecular flexibility index (Phi) is 3.52. The van der Waals surface area contributed by atoms with Gasteiger partial charge in [-0.25, -0.2) is 9.97 Å². The molecule has 0 radical (unpaired) electrons. The molecule has 5 nitrogen and oxygen atoms in total. The van der Waals surface area contributed by atoms with Crippen molar-refractivity contribution in [3.05, 3.63) is 42.1 Å². The van der Waals surface area contributed by atoms with Gasteiger partial charge in [0.1, 0.15) is 12.4 Å². The Hall–Kier alpha value is -2.43. The minimum atomic E-state index is -0.925. The van der Waals surface area contributed by atoms with Gasteiger partial charge in [0.2, 0.25) is 0 Å². The summed E-state index contributed by atoms with van der Waals surface area (Å²) in [5.41, 5.74) is 2.02. The molecule has 1 aromatic heterocycles. The van der Waals surface area contributed by atoms with Crippen molar-refractivity contribution >= 4 is 11.8 Å². The van der Waals surface area contributed by atoms with Crippen LogP contribution in [-0.2, 0) is 4.79 Å². The van der Waals surface area contributed by atoms with Gasteiger partial charge >= 0.3 is 5.97 Å². The lowest BCUT2D eigenvalue weighted by atomic mass is 10.1. The largest absolute Gasteiger partial charge is 0.480 e. The summed E-state index contributed by atoms with van der Waals surface area (Å²) in [6.45, 7) is 1.82. The third-order valence-corrected chi connectivity index (χ3v) is 2.46. The topological polar surface area (TPSA) is 75.1 Å². The monoisotopic (exact) mass is 243 g/mol. The fourth-order valence-electron chi connectivity index (χ4n) is 1.58. The smallest absolute Gasteiger partial charge is 0.322 e. The molecule has 0 saturated heterocycles. The van der Waals surface area contributed by atoms with Gasteiger partial charge in [-0.1, -0.05) is 24.3 Å². The summed E-state index contributed by atoms with van der Waals surface area (Å²) in [7, 11) is 0. The number of carbonyl (C=O) groups is 1. The van der Waals surface area contributed by atoms with Crippen molar-refractivity contribution < 1.29 is 9.90 Å².